The summed E-state index contributed by atoms with van der Waals surface area (Å²) < 4.78 is 12.7. The number of furan rings is 2. The smallest absolute Gasteiger partial charge is 0.160 e. The minimum atomic E-state index is 0.623. The molecule has 0 spiro atoms. The molecule has 0 aliphatic carbocycles. The van der Waals surface area contributed by atoms with E-state index in [0.29, 0.717) is 5.84 Å². The van der Waals surface area contributed by atoms with Crippen LogP contribution in [0.25, 0.3) is 71.8 Å². The van der Waals surface area contributed by atoms with E-state index in [1.54, 1.807) is 0 Å². The van der Waals surface area contributed by atoms with Gasteiger partial charge in [-0.05, 0) is 60.4 Å². The second-order valence-electron chi connectivity index (χ2n) is 12.9. The van der Waals surface area contributed by atoms with Crippen LogP contribution in [-0.2, 0) is 0 Å². The molecule has 52 heavy (non-hydrogen) atoms. The zero-order valence-corrected chi connectivity index (χ0v) is 28.9. The number of amidine groups is 1. The van der Waals surface area contributed by atoms with Gasteiger partial charge in [0.05, 0.1) is 5.70 Å². The zero-order chi connectivity index (χ0) is 35.0. The van der Waals surface area contributed by atoms with Gasteiger partial charge < -0.3 is 8.83 Å². The first-order valence-electron chi connectivity index (χ1n) is 17.5. The van der Waals surface area contributed by atoms with Gasteiger partial charge in [0, 0.05) is 43.9 Å². The lowest BCUT2D eigenvalue weighted by atomic mass is 9.99. The van der Waals surface area contributed by atoms with E-state index >= 15 is 0 Å². The van der Waals surface area contributed by atoms with Crippen LogP contribution >= 0.6 is 0 Å². The van der Waals surface area contributed by atoms with Crippen molar-refractivity contribution >= 4 is 61.1 Å². The van der Waals surface area contributed by atoms with E-state index in [1.165, 1.54) is 0 Å². The normalized spacial score (nSPS) is 12.8. The van der Waals surface area contributed by atoms with Gasteiger partial charge in [-0.2, -0.15) is 0 Å². The molecule has 0 amide bonds. The van der Waals surface area contributed by atoms with Crippen molar-refractivity contribution < 1.29 is 8.83 Å². The Hall–Kier alpha value is -6.78. The third kappa shape index (κ3) is 5.61. The first-order chi connectivity index (χ1) is 25.6. The highest BCUT2D eigenvalue weighted by molar-refractivity contribution is 6.15. The monoisotopic (exact) mass is 670 g/mol. The van der Waals surface area contributed by atoms with Crippen molar-refractivity contribution in [2.75, 3.05) is 0 Å². The Morgan fingerprint density at radius 3 is 1.98 bits per heavy atom. The van der Waals surface area contributed by atoms with E-state index in [1.807, 2.05) is 68.4 Å². The van der Waals surface area contributed by atoms with E-state index in [0.717, 1.165) is 94.2 Å². The maximum Gasteiger partial charge on any atom is 0.160 e. The lowest BCUT2D eigenvalue weighted by molar-refractivity contribution is 0.669. The van der Waals surface area contributed by atoms with Crippen molar-refractivity contribution in [1.29, 1.82) is 0 Å². The van der Waals surface area contributed by atoms with Gasteiger partial charge in [-0.1, -0.05) is 146 Å². The van der Waals surface area contributed by atoms with Crippen molar-refractivity contribution in [3.05, 3.63) is 187 Å². The molecule has 248 valence electrons. The SMILES string of the molecule is C/C=C(\N=C(N=C(C)c1ccccc1)c1ccc(-c2cccc3c2oc2ccccc23)cc1)c1cccc2oc3ccc(-c4ccccc4)cc3c12. The molecule has 0 radical (unpaired) electrons. The molecule has 9 aromatic rings. The number of rotatable bonds is 6. The van der Waals surface area contributed by atoms with Gasteiger partial charge in [-0.25, -0.2) is 9.98 Å². The number of fused-ring (bicyclic) bond motifs is 6. The number of aliphatic imine (C=N–C) groups is 2. The van der Waals surface area contributed by atoms with Crippen molar-refractivity contribution in [2.24, 2.45) is 9.98 Å². The van der Waals surface area contributed by atoms with Crippen LogP contribution in [0, 0.1) is 0 Å². The average Bonchev–Trinajstić information content (AvgIpc) is 3.78. The zero-order valence-electron chi connectivity index (χ0n) is 28.9. The Labute approximate surface area is 301 Å². The standard InChI is InChI=1S/C48H34N2O2/c1-3-42(40-21-13-23-45-46(40)41-30-36(28-29-44(41)51-45)33-16-8-5-9-17-33)50-48(49-31(2)32-14-6-4-7-15-32)35-26-24-34(25-27-35)37-19-12-20-39-38-18-10-11-22-43(38)52-47(37)39/h3-30H,1-2H3/b42-3-,49-31?,50-48?. The highest BCUT2D eigenvalue weighted by atomic mass is 16.3. The quantitative estimate of drug-likeness (QED) is 0.131. The predicted molar refractivity (Wildman–Crippen MR) is 217 cm³/mol. The second kappa shape index (κ2) is 13.2. The fourth-order valence-electron chi connectivity index (χ4n) is 7.08. The van der Waals surface area contributed by atoms with E-state index in [4.69, 9.17) is 18.8 Å². The third-order valence-corrected chi connectivity index (χ3v) is 9.70. The summed E-state index contributed by atoms with van der Waals surface area (Å²) in [5.74, 6) is 0.623. The Kier molecular flexibility index (Phi) is 7.90. The van der Waals surface area contributed by atoms with Crippen LogP contribution in [0.4, 0.5) is 0 Å². The Morgan fingerprint density at radius 1 is 0.500 bits per heavy atom. The molecule has 0 saturated carbocycles. The summed E-state index contributed by atoms with van der Waals surface area (Å²) in [4.78, 5) is 10.5. The molecule has 0 aliphatic rings. The van der Waals surface area contributed by atoms with Crippen LogP contribution in [0.15, 0.2) is 189 Å². The molecule has 0 atom stereocenters. The molecule has 9 rings (SSSR count). The molecule has 4 nitrogen and oxygen atoms in total. The fourth-order valence-corrected chi connectivity index (χ4v) is 7.08. The number of benzene rings is 7. The summed E-state index contributed by atoms with van der Waals surface area (Å²) in [6.07, 6.45) is 2.05. The van der Waals surface area contributed by atoms with Crippen LogP contribution in [0.3, 0.4) is 0 Å². The molecule has 0 unspecified atom stereocenters. The third-order valence-electron chi connectivity index (χ3n) is 9.70. The predicted octanol–water partition coefficient (Wildman–Crippen LogP) is 13.1. The molecule has 2 heterocycles. The topological polar surface area (TPSA) is 51.0 Å². The lowest BCUT2D eigenvalue weighted by Gasteiger charge is -2.10. The number of nitrogens with zero attached hydrogens (tertiary/aromatic N) is 2. The number of hydrogen-bond acceptors (Lipinski definition) is 3. The number of allylic oxidation sites excluding steroid dienone is 1. The highest BCUT2D eigenvalue weighted by Crippen LogP contribution is 2.38. The molecular formula is C48H34N2O2. The first-order valence-corrected chi connectivity index (χ1v) is 17.5. The van der Waals surface area contributed by atoms with Gasteiger partial charge in [0.1, 0.15) is 22.3 Å². The van der Waals surface area contributed by atoms with Crippen molar-refractivity contribution in [3.8, 4) is 22.3 Å². The van der Waals surface area contributed by atoms with Gasteiger partial charge in [0.2, 0.25) is 0 Å². The molecule has 4 heteroatoms. The Morgan fingerprint density at radius 2 is 1.17 bits per heavy atom. The maximum atomic E-state index is 6.38. The van der Waals surface area contributed by atoms with E-state index in [9.17, 15) is 0 Å². The van der Waals surface area contributed by atoms with E-state index in [2.05, 4.69) is 115 Å². The molecule has 0 saturated heterocycles. The fraction of sp³-hybridized carbons (Fsp3) is 0.0417. The second-order valence-corrected chi connectivity index (χ2v) is 12.9. The highest BCUT2D eigenvalue weighted by Gasteiger charge is 2.17. The number of para-hydroxylation sites is 2. The van der Waals surface area contributed by atoms with Crippen molar-refractivity contribution in [3.63, 3.8) is 0 Å². The molecule has 0 bridgehead atoms. The molecule has 0 fully saturated rings. The van der Waals surface area contributed by atoms with Gasteiger partial charge in [0.15, 0.2) is 5.84 Å². The molecule has 0 aliphatic heterocycles. The molecule has 7 aromatic carbocycles. The molecular weight excluding hydrogens is 637 g/mol. The van der Waals surface area contributed by atoms with Crippen LogP contribution in [0.2, 0.25) is 0 Å². The summed E-state index contributed by atoms with van der Waals surface area (Å²) in [6.45, 7) is 4.06. The number of hydrogen-bond donors (Lipinski definition) is 0. The van der Waals surface area contributed by atoms with Crippen LogP contribution in [0.1, 0.15) is 30.5 Å². The van der Waals surface area contributed by atoms with E-state index < -0.39 is 0 Å². The summed E-state index contributed by atoms with van der Waals surface area (Å²) in [5.41, 5.74) is 12.5. The van der Waals surface area contributed by atoms with Crippen molar-refractivity contribution in [2.45, 2.75) is 13.8 Å². The largest absolute Gasteiger partial charge is 0.456 e. The average molecular weight is 671 g/mol. The van der Waals surface area contributed by atoms with Gasteiger partial charge in [0.25, 0.3) is 0 Å². The molecule has 0 N–H and O–H groups in total. The summed E-state index contributed by atoms with van der Waals surface area (Å²) in [7, 11) is 0. The summed E-state index contributed by atoms with van der Waals surface area (Å²) in [5, 5.41) is 4.31. The van der Waals surface area contributed by atoms with Crippen LogP contribution < -0.4 is 0 Å². The maximum absolute atomic E-state index is 6.38. The lowest BCUT2D eigenvalue weighted by Crippen LogP contribution is -2.04. The van der Waals surface area contributed by atoms with Gasteiger partial charge >= 0.3 is 0 Å². The van der Waals surface area contributed by atoms with Crippen molar-refractivity contribution in [1.82, 2.24) is 0 Å². The Bertz CT molecular complexity index is 2840. The van der Waals surface area contributed by atoms with Crippen LogP contribution in [-0.4, -0.2) is 11.5 Å². The minimum Gasteiger partial charge on any atom is -0.456 e. The van der Waals surface area contributed by atoms with E-state index in [-0.39, 0.29) is 0 Å². The molecule has 2 aromatic heterocycles. The van der Waals surface area contributed by atoms with Crippen LogP contribution in [0.5, 0.6) is 0 Å². The van der Waals surface area contributed by atoms with Gasteiger partial charge in [-0.3, -0.25) is 0 Å². The summed E-state index contributed by atoms with van der Waals surface area (Å²) in [6, 6.07) is 56.2. The van der Waals surface area contributed by atoms with Gasteiger partial charge in [-0.15, -0.1) is 0 Å². The minimum absolute atomic E-state index is 0.623. The summed E-state index contributed by atoms with van der Waals surface area (Å²) >= 11 is 0. The Balaban J connectivity index is 1.17. The first kappa shape index (κ1) is 31.2.